The summed E-state index contributed by atoms with van der Waals surface area (Å²) in [6, 6.07) is 0. The van der Waals surface area contributed by atoms with Gasteiger partial charge in [0.1, 0.15) is 12.7 Å². The lowest BCUT2D eigenvalue weighted by Gasteiger charge is -2.12. The molecule has 0 fully saturated rings. The van der Waals surface area contributed by atoms with Gasteiger partial charge in [-0.25, -0.2) is 4.79 Å². The molecule has 5 nitrogen and oxygen atoms in total. The zero-order valence-electron chi connectivity index (χ0n) is 9.54. The van der Waals surface area contributed by atoms with Gasteiger partial charge in [0, 0.05) is 6.92 Å². The fourth-order valence-corrected chi connectivity index (χ4v) is 1.04. The largest absolute Gasteiger partial charge is 0.464 e. The van der Waals surface area contributed by atoms with Gasteiger partial charge < -0.3 is 14.8 Å². The van der Waals surface area contributed by atoms with Crippen LogP contribution in [0.4, 0.5) is 4.79 Å². The molecule has 0 aliphatic rings. The molecular weight excluding hydrogens is 210 g/mol. The summed E-state index contributed by atoms with van der Waals surface area (Å²) in [5.41, 5.74) is 0. The molecule has 0 rings (SSSR count). The smallest absolute Gasteiger partial charge is 0.407 e. The van der Waals surface area contributed by atoms with Gasteiger partial charge in [-0.1, -0.05) is 20.8 Å². The van der Waals surface area contributed by atoms with Crippen LogP contribution < -0.4 is 5.32 Å². The minimum atomic E-state index is -0.469. The van der Waals surface area contributed by atoms with Crippen LogP contribution in [0.25, 0.3) is 0 Å². The molecule has 1 unspecified atom stereocenters. The Bertz CT molecular complexity index is 206. The van der Waals surface area contributed by atoms with Crippen molar-refractivity contribution in [2.45, 2.75) is 47.1 Å². The van der Waals surface area contributed by atoms with Crippen LogP contribution in [0, 0.1) is 0 Å². The summed E-state index contributed by atoms with van der Waals surface area (Å²) in [6.45, 7) is 5.64. The van der Waals surface area contributed by atoms with Gasteiger partial charge in [0.15, 0.2) is 0 Å². The molecule has 0 aromatic carbocycles. The van der Waals surface area contributed by atoms with Crippen LogP contribution in [0.2, 0.25) is 0 Å². The second-order valence-corrected chi connectivity index (χ2v) is 3.27. The van der Waals surface area contributed by atoms with Gasteiger partial charge >= 0.3 is 12.1 Å². The maximum atomic E-state index is 11.1. The van der Waals surface area contributed by atoms with Crippen LogP contribution in [0.15, 0.2) is 0 Å². The third kappa shape index (κ3) is 10.8. The molecule has 0 aliphatic carbocycles. The van der Waals surface area contributed by atoms with Gasteiger partial charge in [-0.2, -0.15) is 0 Å². The minimum absolute atomic E-state index is 0. The maximum Gasteiger partial charge on any atom is 0.407 e. The lowest BCUT2D eigenvalue weighted by atomic mass is 10.2. The first-order chi connectivity index (χ1) is 7.06. The van der Waals surface area contributed by atoms with Crippen LogP contribution in [0.1, 0.15) is 41.0 Å². The molecule has 1 atom stereocenters. The average molecular weight is 233 g/mol. The number of carbonyl (C=O) groups is 2. The van der Waals surface area contributed by atoms with E-state index in [0.29, 0.717) is 0 Å². The van der Waals surface area contributed by atoms with Gasteiger partial charge in [0.2, 0.25) is 0 Å². The predicted molar refractivity (Wildman–Crippen MR) is 62.2 cm³/mol. The summed E-state index contributed by atoms with van der Waals surface area (Å²) in [5, 5.41) is 2.49. The highest BCUT2D eigenvalue weighted by Gasteiger charge is 2.07. The Kier molecular flexibility index (Phi) is 11.0. The summed E-state index contributed by atoms with van der Waals surface area (Å²) >= 11 is 0. The van der Waals surface area contributed by atoms with E-state index in [-0.39, 0.29) is 32.7 Å². The van der Waals surface area contributed by atoms with E-state index < -0.39 is 6.09 Å². The van der Waals surface area contributed by atoms with Crippen molar-refractivity contribution in [2.75, 3.05) is 13.2 Å². The van der Waals surface area contributed by atoms with Crippen LogP contribution >= 0.6 is 0 Å². The molecule has 5 heteroatoms. The van der Waals surface area contributed by atoms with E-state index in [1.165, 1.54) is 6.92 Å². The molecule has 96 valence electrons. The van der Waals surface area contributed by atoms with Gasteiger partial charge in [0.05, 0.1) is 6.54 Å². The second kappa shape index (κ2) is 10.3. The van der Waals surface area contributed by atoms with Crippen molar-refractivity contribution >= 4 is 12.1 Å². The minimum Gasteiger partial charge on any atom is -0.464 e. The number of rotatable bonds is 6. The van der Waals surface area contributed by atoms with Crippen molar-refractivity contribution in [3.05, 3.63) is 0 Å². The molecule has 0 aromatic rings. The van der Waals surface area contributed by atoms with Crippen molar-refractivity contribution in [1.29, 1.82) is 0 Å². The fourth-order valence-electron chi connectivity index (χ4n) is 1.04. The van der Waals surface area contributed by atoms with Gasteiger partial charge in [0.25, 0.3) is 0 Å². The van der Waals surface area contributed by atoms with E-state index in [2.05, 4.69) is 10.1 Å². The lowest BCUT2D eigenvalue weighted by Crippen LogP contribution is -2.30. The van der Waals surface area contributed by atoms with Crippen molar-refractivity contribution in [3.8, 4) is 0 Å². The van der Waals surface area contributed by atoms with E-state index in [1.807, 2.05) is 13.8 Å². The highest BCUT2D eigenvalue weighted by atomic mass is 16.6. The topological polar surface area (TPSA) is 64.6 Å². The molecule has 0 aromatic heterocycles. The molecule has 16 heavy (non-hydrogen) atoms. The van der Waals surface area contributed by atoms with E-state index >= 15 is 0 Å². The summed E-state index contributed by atoms with van der Waals surface area (Å²) < 4.78 is 9.64. The Morgan fingerprint density at radius 3 is 2.50 bits per heavy atom. The van der Waals surface area contributed by atoms with Crippen molar-refractivity contribution in [3.63, 3.8) is 0 Å². The number of hydrogen-bond acceptors (Lipinski definition) is 4. The fraction of sp³-hybridized carbons (Fsp3) is 0.818. The molecule has 0 aliphatic heterocycles. The zero-order chi connectivity index (χ0) is 11.7. The normalized spacial score (nSPS) is 10.9. The molecule has 0 spiro atoms. The Hall–Kier alpha value is -1.26. The Morgan fingerprint density at radius 2 is 2.00 bits per heavy atom. The average Bonchev–Trinajstić information content (AvgIpc) is 2.12. The first-order valence-electron chi connectivity index (χ1n) is 5.14. The van der Waals surface area contributed by atoms with Crippen molar-refractivity contribution in [1.82, 2.24) is 5.32 Å². The molecular formula is C11H23NO4. The quantitative estimate of drug-likeness (QED) is 0.563. The predicted octanol–water partition coefficient (Wildman–Crippen LogP) is 2.10. The third-order valence-electron chi connectivity index (χ3n) is 1.68. The van der Waals surface area contributed by atoms with Crippen molar-refractivity contribution < 1.29 is 19.1 Å². The standard InChI is InChI=1S/C10H19NO4.CH4/c1-4-5-8(2)15-10(13)11-6-7-14-9(3)12;/h8H,4-7H2,1-3H3,(H,11,13);1H4. The SMILES string of the molecule is C.CCCC(C)OC(=O)NCCOC(C)=O. The zero-order valence-corrected chi connectivity index (χ0v) is 9.54. The lowest BCUT2D eigenvalue weighted by molar-refractivity contribution is -0.140. The molecule has 1 N–H and O–H groups in total. The highest BCUT2D eigenvalue weighted by molar-refractivity contribution is 5.67. The first kappa shape index (κ1) is 17.1. The number of carbonyl (C=O) groups excluding carboxylic acids is 2. The molecule has 0 saturated heterocycles. The maximum absolute atomic E-state index is 11.1. The molecule has 1 amide bonds. The Labute approximate surface area is 97.5 Å². The number of ether oxygens (including phenoxy) is 2. The second-order valence-electron chi connectivity index (χ2n) is 3.27. The summed E-state index contributed by atoms with van der Waals surface area (Å²) in [7, 11) is 0. The third-order valence-corrected chi connectivity index (χ3v) is 1.68. The first-order valence-corrected chi connectivity index (χ1v) is 5.14. The van der Waals surface area contributed by atoms with E-state index in [0.717, 1.165) is 12.8 Å². The van der Waals surface area contributed by atoms with Crippen LogP contribution in [0.3, 0.4) is 0 Å². The van der Waals surface area contributed by atoms with E-state index in [9.17, 15) is 9.59 Å². The number of hydrogen-bond donors (Lipinski definition) is 1. The van der Waals surface area contributed by atoms with Crippen molar-refractivity contribution in [2.24, 2.45) is 0 Å². The molecule has 0 heterocycles. The van der Waals surface area contributed by atoms with Gasteiger partial charge in [-0.3, -0.25) is 4.79 Å². The molecule has 0 radical (unpaired) electrons. The molecule has 0 bridgehead atoms. The van der Waals surface area contributed by atoms with Gasteiger partial charge in [-0.05, 0) is 13.3 Å². The number of amides is 1. The summed E-state index contributed by atoms with van der Waals surface area (Å²) in [4.78, 5) is 21.5. The number of nitrogens with one attached hydrogen (secondary N) is 1. The Morgan fingerprint density at radius 1 is 1.38 bits per heavy atom. The number of esters is 1. The highest BCUT2D eigenvalue weighted by Crippen LogP contribution is 2.00. The van der Waals surface area contributed by atoms with Crippen LogP contribution in [0.5, 0.6) is 0 Å². The van der Waals surface area contributed by atoms with E-state index in [4.69, 9.17) is 4.74 Å². The summed E-state index contributed by atoms with van der Waals surface area (Å²) in [5.74, 6) is -0.357. The van der Waals surface area contributed by atoms with Crippen LogP contribution in [-0.4, -0.2) is 31.3 Å². The van der Waals surface area contributed by atoms with Gasteiger partial charge in [-0.15, -0.1) is 0 Å². The molecule has 0 saturated carbocycles. The number of alkyl carbamates (subject to hydrolysis) is 1. The van der Waals surface area contributed by atoms with E-state index in [1.54, 1.807) is 0 Å². The monoisotopic (exact) mass is 233 g/mol. The van der Waals surface area contributed by atoms with Crippen LogP contribution in [-0.2, 0) is 14.3 Å². The Balaban J connectivity index is 0. The summed E-state index contributed by atoms with van der Waals surface area (Å²) in [6.07, 6.45) is 1.27.